The van der Waals surface area contributed by atoms with Crippen LogP contribution in [0, 0.1) is 5.82 Å². The summed E-state index contributed by atoms with van der Waals surface area (Å²) < 4.78 is 29.8. The number of amides is 1. The number of carbonyl (C=O) groups excluding carboxylic acids is 2. The first-order valence-electron chi connectivity index (χ1n) is 8.56. The minimum Gasteiger partial charge on any atom is -0.454 e. The summed E-state index contributed by atoms with van der Waals surface area (Å²) in [5, 5.41) is 3.34. The van der Waals surface area contributed by atoms with E-state index in [1.54, 1.807) is 24.3 Å². The Morgan fingerprint density at radius 3 is 2.86 bits per heavy atom. The van der Waals surface area contributed by atoms with Crippen LogP contribution >= 0.6 is 11.3 Å². The van der Waals surface area contributed by atoms with Crippen LogP contribution in [0.2, 0.25) is 0 Å². The lowest BCUT2D eigenvalue weighted by Crippen LogP contribution is -2.35. The number of esters is 1. The molecule has 0 fully saturated rings. The van der Waals surface area contributed by atoms with E-state index >= 15 is 0 Å². The number of halogens is 1. The Balaban J connectivity index is 1.34. The lowest BCUT2D eigenvalue weighted by Gasteiger charge is -2.13. The average Bonchev–Trinajstić information content (AvgIpc) is 3.31. The molecule has 0 radical (unpaired) electrons. The molecule has 6 nitrogen and oxygen atoms in total. The van der Waals surface area contributed by atoms with Gasteiger partial charge in [0.2, 0.25) is 6.79 Å². The van der Waals surface area contributed by atoms with E-state index in [-0.39, 0.29) is 19.2 Å². The van der Waals surface area contributed by atoms with Gasteiger partial charge in [-0.25, -0.2) is 9.18 Å². The third kappa shape index (κ3) is 3.77. The number of hydrogen-bond acceptors (Lipinski definition) is 6. The molecule has 3 aromatic rings. The minimum absolute atomic E-state index is 0.183. The van der Waals surface area contributed by atoms with Crippen LogP contribution in [0.3, 0.4) is 0 Å². The molecule has 1 aliphatic heterocycles. The third-order valence-corrected chi connectivity index (χ3v) is 5.33. The van der Waals surface area contributed by atoms with Gasteiger partial charge in [-0.1, -0.05) is 6.07 Å². The molecule has 0 spiro atoms. The van der Waals surface area contributed by atoms with Gasteiger partial charge in [-0.3, -0.25) is 4.79 Å². The van der Waals surface area contributed by atoms with Crippen molar-refractivity contribution in [2.24, 2.45) is 0 Å². The predicted molar refractivity (Wildman–Crippen MR) is 101 cm³/mol. The number of benzene rings is 2. The molecular weight excluding hydrogens is 385 g/mol. The Morgan fingerprint density at radius 1 is 1.18 bits per heavy atom. The van der Waals surface area contributed by atoms with Gasteiger partial charge in [0.25, 0.3) is 5.91 Å². The summed E-state index contributed by atoms with van der Waals surface area (Å²) in [6.45, 7) is 1.95. The van der Waals surface area contributed by atoms with Gasteiger partial charge in [0.05, 0.1) is 0 Å². The molecule has 2 heterocycles. The SMILES string of the molecule is C[C@@H](OC(=O)c1cc2cc(F)ccc2s1)C(=O)NCc1ccc2c(c1)OCO2. The Labute approximate surface area is 163 Å². The topological polar surface area (TPSA) is 73.9 Å². The second kappa shape index (κ2) is 7.47. The van der Waals surface area contributed by atoms with Gasteiger partial charge >= 0.3 is 5.97 Å². The Morgan fingerprint density at radius 2 is 2.00 bits per heavy atom. The van der Waals surface area contributed by atoms with Gasteiger partial charge in [-0.05, 0) is 54.3 Å². The van der Waals surface area contributed by atoms with Crippen LogP contribution in [0.1, 0.15) is 22.2 Å². The van der Waals surface area contributed by atoms with E-state index in [4.69, 9.17) is 14.2 Å². The van der Waals surface area contributed by atoms with E-state index in [1.165, 1.54) is 30.4 Å². The molecule has 2 aromatic carbocycles. The van der Waals surface area contributed by atoms with Crippen molar-refractivity contribution in [1.29, 1.82) is 0 Å². The van der Waals surface area contributed by atoms with Crippen LogP contribution in [-0.4, -0.2) is 24.8 Å². The fourth-order valence-electron chi connectivity index (χ4n) is 2.77. The maximum Gasteiger partial charge on any atom is 0.349 e. The van der Waals surface area contributed by atoms with Crippen molar-refractivity contribution in [1.82, 2.24) is 5.32 Å². The minimum atomic E-state index is -0.969. The van der Waals surface area contributed by atoms with Crippen molar-refractivity contribution in [3.63, 3.8) is 0 Å². The highest BCUT2D eigenvalue weighted by Crippen LogP contribution is 2.32. The molecule has 0 saturated carbocycles. The highest BCUT2D eigenvalue weighted by atomic mass is 32.1. The van der Waals surface area contributed by atoms with Gasteiger partial charge < -0.3 is 19.5 Å². The largest absolute Gasteiger partial charge is 0.454 e. The highest BCUT2D eigenvalue weighted by Gasteiger charge is 2.21. The molecule has 28 heavy (non-hydrogen) atoms. The van der Waals surface area contributed by atoms with Crippen molar-refractivity contribution in [3.05, 3.63) is 58.7 Å². The normalized spacial score (nSPS) is 13.4. The van der Waals surface area contributed by atoms with Gasteiger partial charge in [-0.15, -0.1) is 11.3 Å². The Hall–Kier alpha value is -3.13. The molecular formula is C20H16FNO5S. The molecule has 4 rings (SSSR count). The summed E-state index contributed by atoms with van der Waals surface area (Å²) in [4.78, 5) is 24.9. The maximum atomic E-state index is 13.3. The lowest BCUT2D eigenvalue weighted by molar-refractivity contribution is -0.129. The zero-order chi connectivity index (χ0) is 19.7. The first kappa shape index (κ1) is 18.2. The molecule has 1 aromatic heterocycles. The Bertz CT molecular complexity index is 1060. The fraction of sp³-hybridized carbons (Fsp3) is 0.200. The Kier molecular flexibility index (Phi) is 4.87. The summed E-state index contributed by atoms with van der Waals surface area (Å²) >= 11 is 1.19. The lowest BCUT2D eigenvalue weighted by atomic mass is 10.2. The van der Waals surface area contributed by atoms with Crippen molar-refractivity contribution in [2.45, 2.75) is 19.6 Å². The van der Waals surface area contributed by atoms with Crippen LogP contribution in [-0.2, 0) is 16.1 Å². The predicted octanol–water partition coefficient (Wildman–Crippen LogP) is 3.63. The van der Waals surface area contributed by atoms with Crippen LogP contribution in [0.4, 0.5) is 4.39 Å². The smallest absolute Gasteiger partial charge is 0.349 e. The third-order valence-electron chi connectivity index (χ3n) is 4.24. The molecule has 0 unspecified atom stereocenters. The molecule has 8 heteroatoms. The number of thiophene rings is 1. The van der Waals surface area contributed by atoms with Gasteiger partial charge in [0, 0.05) is 11.2 Å². The number of carbonyl (C=O) groups is 2. The van der Waals surface area contributed by atoms with Crippen LogP contribution in [0.25, 0.3) is 10.1 Å². The number of hydrogen-bond donors (Lipinski definition) is 1. The first-order valence-corrected chi connectivity index (χ1v) is 9.37. The maximum absolute atomic E-state index is 13.3. The van der Waals surface area contributed by atoms with E-state index in [0.29, 0.717) is 21.8 Å². The summed E-state index contributed by atoms with van der Waals surface area (Å²) in [6, 6.07) is 11.2. The van der Waals surface area contributed by atoms with E-state index in [2.05, 4.69) is 5.32 Å². The van der Waals surface area contributed by atoms with Crippen LogP contribution < -0.4 is 14.8 Å². The average molecular weight is 401 g/mol. The quantitative estimate of drug-likeness (QED) is 0.661. The van der Waals surface area contributed by atoms with Crippen molar-refractivity contribution in [3.8, 4) is 11.5 Å². The monoisotopic (exact) mass is 401 g/mol. The highest BCUT2D eigenvalue weighted by molar-refractivity contribution is 7.20. The molecule has 1 N–H and O–H groups in total. The van der Waals surface area contributed by atoms with Crippen molar-refractivity contribution < 1.29 is 28.2 Å². The molecule has 1 atom stereocenters. The molecule has 0 bridgehead atoms. The molecule has 1 aliphatic rings. The second-order valence-electron chi connectivity index (χ2n) is 6.25. The standard InChI is InChI=1S/C20H16FNO5S/c1-11(19(23)22-9-12-2-4-15-16(6-12)26-10-25-15)27-20(24)18-8-13-7-14(21)3-5-17(13)28-18/h2-8,11H,9-10H2,1H3,(H,22,23)/t11-/m1/s1. The summed E-state index contributed by atoms with van der Waals surface area (Å²) in [7, 11) is 0. The van der Waals surface area contributed by atoms with Crippen LogP contribution in [0.5, 0.6) is 11.5 Å². The fourth-order valence-corrected chi connectivity index (χ4v) is 3.70. The summed E-state index contributed by atoms with van der Waals surface area (Å²) in [5.74, 6) is -0.111. The number of nitrogens with one attached hydrogen (secondary N) is 1. The van der Waals surface area contributed by atoms with E-state index in [0.717, 1.165) is 10.3 Å². The second-order valence-corrected chi connectivity index (χ2v) is 7.33. The number of fused-ring (bicyclic) bond motifs is 2. The zero-order valence-corrected chi connectivity index (χ0v) is 15.7. The first-order chi connectivity index (χ1) is 13.5. The zero-order valence-electron chi connectivity index (χ0n) is 14.9. The molecule has 1 amide bonds. The van der Waals surface area contributed by atoms with E-state index < -0.39 is 18.0 Å². The van der Waals surface area contributed by atoms with Gasteiger partial charge in [0.15, 0.2) is 17.6 Å². The summed E-state index contributed by atoms with van der Waals surface area (Å²) in [5.41, 5.74) is 0.836. The molecule has 0 saturated heterocycles. The molecule has 144 valence electrons. The summed E-state index contributed by atoms with van der Waals surface area (Å²) in [6.07, 6.45) is -0.969. The van der Waals surface area contributed by atoms with Crippen molar-refractivity contribution in [2.75, 3.05) is 6.79 Å². The molecule has 0 aliphatic carbocycles. The number of rotatable bonds is 5. The van der Waals surface area contributed by atoms with Gasteiger partial charge in [-0.2, -0.15) is 0 Å². The van der Waals surface area contributed by atoms with Crippen molar-refractivity contribution >= 4 is 33.3 Å². The van der Waals surface area contributed by atoms with E-state index in [1.807, 2.05) is 6.07 Å². The van der Waals surface area contributed by atoms with Crippen LogP contribution in [0.15, 0.2) is 42.5 Å². The van der Waals surface area contributed by atoms with Gasteiger partial charge in [0.1, 0.15) is 10.7 Å². The number of ether oxygens (including phenoxy) is 3. The van der Waals surface area contributed by atoms with E-state index in [9.17, 15) is 14.0 Å².